The predicted molar refractivity (Wildman–Crippen MR) is 194 cm³/mol. The van der Waals surface area contributed by atoms with E-state index in [1.54, 1.807) is 0 Å². The Morgan fingerprint density at radius 1 is 0.333 bits per heavy atom. The summed E-state index contributed by atoms with van der Waals surface area (Å²) in [5, 5.41) is 0. The van der Waals surface area contributed by atoms with Crippen LogP contribution in [0.5, 0.6) is 0 Å². The Balaban J connectivity index is 2.05. The number of quaternary nitrogens is 1. The van der Waals surface area contributed by atoms with Crippen LogP contribution >= 0.6 is 0 Å². The van der Waals surface area contributed by atoms with Crippen molar-refractivity contribution in [1.29, 1.82) is 0 Å². The zero-order chi connectivity index (χ0) is 30.2. The minimum atomic E-state index is 1.14. The standard InChI is InChI=1S/C41H78N/c1-4-6-8-10-12-14-16-18-20-22-24-26-28-30-35-39-42(3,41-37-33-32-34-38-41)40-36-31-29-27-25-23-21-19-17-15-13-11-9-7-5-2/h32-34,37-38H,4-31,35-36,39-40H2,1-3H3/q+1. The van der Waals surface area contributed by atoms with Gasteiger partial charge in [0.25, 0.3) is 0 Å². The zero-order valence-corrected chi connectivity index (χ0v) is 29.5. The van der Waals surface area contributed by atoms with Crippen LogP contribution in [0, 0.1) is 0 Å². The number of benzene rings is 1. The molecule has 1 rings (SSSR count). The van der Waals surface area contributed by atoms with E-state index in [0.717, 1.165) is 4.48 Å². The lowest BCUT2D eigenvalue weighted by atomic mass is 10.0. The number of nitrogens with zero attached hydrogens (tertiary/aromatic N) is 1. The Kier molecular flexibility index (Phi) is 28.2. The molecule has 0 heterocycles. The van der Waals surface area contributed by atoms with Gasteiger partial charge in [0, 0.05) is 0 Å². The van der Waals surface area contributed by atoms with Crippen molar-refractivity contribution in [3.63, 3.8) is 0 Å². The van der Waals surface area contributed by atoms with Crippen molar-refractivity contribution in [2.45, 2.75) is 206 Å². The van der Waals surface area contributed by atoms with E-state index >= 15 is 0 Å². The van der Waals surface area contributed by atoms with E-state index in [9.17, 15) is 0 Å². The highest BCUT2D eigenvalue weighted by Gasteiger charge is 2.23. The topological polar surface area (TPSA) is 0 Å². The molecule has 42 heavy (non-hydrogen) atoms. The largest absolute Gasteiger partial charge is 0.294 e. The quantitative estimate of drug-likeness (QED) is 0.0569. The molecular formula is C41H78N+. The highest BCUT2D eigenvalue weighted by Crippen LogP contribution is 2.24. The summed E-state index contributed by atoms with van der Waals surface area (Å²) < 4.78 is 1.14. The summed E-state index contributed by atoms with van der Waals surface area (Å²) in [5.41, 5.74) is 1.52. The molecule has 0 amide bonds. The van der Waals surface area contributed by atoms with Gasteiger partial charge in [-0.05, 0) is 37.8 Å². The van der Waals surface area contributed by atoms with Gasteiger partial charge < -0.3 is 0 Å². The third-order valence-electron chi connectivity index (χ3n) is 9.89. The molecule has 246 valence electrons. The van der Waals surface area contributed by atoms with Crippen molar-refractivity contribution in [2.75, 3.05) is 20.1 Å². The van der Waals surface area contributed by atoms with E-state index in [0.29, 0.717) is 0 Å². The van der Waals surface area contributed by atoms with Gasteiger partial charge in [-0.2, -0.15) is 0 Å². The molecule has 0 unspecified atom stereocenters. The lowest BCUT2D eigenvalue weighted by Gasteiger charge is -2.34. The molecular weight excluding hydrogens is 506 g/mol. The molecule has 0 aliphatic carbocycles. The van der Waals surface area contributed by atoms with Gasteiger partial charge in [0.15, 0.2) is 0 Å². The Bertz CT molecular complexity index is 604. The van der Waals surface area contributed by atoms with E-state index in [1.807, 2.05) is 0 Å². The van der Waals surface area contributed by atoms with Gasteiger partial charge in [-0.3, -0.25) is 4.48 Å². The summed E-state index contributed by atoms with van der Waals surface area (Å²) in [4.78, 5) is 0. The lowest BCUT2D eigenvalue weighted by molar-refractivity contribution is 0.310. The van der Waals surface area contributed by atoms with Gasteiger partial charge in [0.2, 0.25) is 0 Å². The van der Waals surface area contributed by atoms with Gasteiger partial charge in [-0.1, -0.05) is 199 Å². The SMILES string of the molecule is CCCCCCCCCCCCCCCCC[N+](C)(CCCCCCCCCCCCCCCCC)c1ccccc1. The van der Waals surface area contributed by atoms with E-state index < -0.39 is 0 Å². The minimum Gasteiger partial charge on any atom is -0.294 e. The molecule has 0 radical (unpaired) electrons. The highest BCUT2D eigenvalue weighted by atomic mass is 15.3. The molecule has 0 aromatic heterocycles. The molecule has 0 saturated heterocycles. The summed E-state index contributed by atoms with van der Waals surface area (Å²) in [5.74, 6) is 0. The number of rotatable bonds is 33. The predicted octanol–water partition coefficient (Wildman–Crippen LogP) is 14.4. The number of unbranched alkanes of at least 4 members (excludes halogenated alkanes) is 28. The van der Waals surface area contributed by atoms with Crippen molar-refractivity contribution in [1.82, 2.24) is 4.48 Å². The van der Waals surface area contributed by atoms with Crippen molar-refractivity contribution in [3.8, 4) is 0 Å². The zero-order valence-electron chi connectivity index (χ0n) is 29.5. The van der Waals surface area contributed by atoms with Crippen LogP contribution in [0.2, 0.25) is 0 Å². The summed E-state index contributed by atoms with van der Waals surface area (Å²) >= 11 is 0. The molecule has 0 spiro atoms. The molecule has 0 aliphatic rings. The molecule has 0 aliphatic heterocycles. The Morgan fingerprint density at radius 3 is 0.833 bits per heavy atom. The van der Waals surface area contributed by atoms with Gasteiger partial charge in [-0.25, -0.2) is 0 Å². The number of para-hydroxylation sites is 1. The summed E-state index contributed by atoms with van der Waals surface area (Å²) in [6.45, 7) is 7.23. The van der Waals surface area contributed by atoms with E-state index in [-0.39, 0.29) is 0 Å². The minimum absolute atomic E-state index is 1.14. The third-order valence-corrected chi connectivity index (χ3v) is 9.89. The van der Waals surface area contributed by atoms with Gasteiger partial charge in [-0.15, -0.1) is 0 Å². The average molecular weight is 585 g/mol. The normalized spacial score (nSPS) is 11.9. The van der Waals surface area contributed by atoms with Crippen LogP contribution in [0.15, 0.2) is 30.3 Å². The Hall–Kier alpha value is -0.820. The molecule has 0 atom stereocenters. The third kappa shape index (κ3) is 23.6. The van der Waals surface area contributed by atoms with Crippen LogP contribution in [-0.2, 0) is 0 Å². The Morgan fingerprint density at radius 2 is 0.571 bits per heavy atom. The molecule has 0 fully saturated rings. The summed E-state index contributed by atoms with van der Waals surface area (Å²) in [6, 6.07) is 11.4. The maximum Gasteiger partial charge on any atom is 0.132 e. The van der Waals surface area contributed by atoms with Gasteiger partial charge in [0.05, 0.1) is 20.1 Å². The van der Waals surface area contributed by atoms with Crippen LogP contribution in [0.25, 0.3) is 0 Å². The van der Waals surface area contributed by atoms with Crippen molar-refractivity contribution < 1.29 is 0 Å². The molecule has 0 N–H and O–H groups in total. The van der Waals surface area contributed by atoms with E-state index in [1.165, 1.54) is 211 Å². The van der Waals surface area contributed by atoms with Crippen molar-refractivity contribution in [2.24, 2.45) is 0 Å². The first-order chi connectivity index (χ1) is 20.7. The maximum absolute atomic E-state index is 2.50. The molecule has 1 aromatic carbocycles. The molecule has 1 heteroatoms. The smallest absolute Gasteiger partial charge is 0.132 e. The Labute approximate surface area is 266 Å². The molecule has 0 bridgehead atoms. The summed E-state index contributed by atoms with van der Waals surface area (Å²) in [7, 11) is 2.50. The monoisotopic (exact) mass is 585 g/mol. The van der Waals surface area contributed by atoms with Crippen LogP contribution < -0.4 is 4.48 Å². The van der Waals surface area contributed by atoms with Crippen LogP contribution in [0.1, 0.15) is 206 Å². The highest BCUT2D eigenvalue weighted by molar-refractivity contribution is 5.41. The van der Waals surface area contributed by atoms with E-state index in [4.69, 9.17) is 0 Å². The van der Waals surface area contributed by atoms with Crippen LogP contribution in [0.4, 0.5) is 5.69 Å². The average Bonchev–Trinajstić information content (AvgIpc) is 3.01. The fourth-order valence-corrected chi connectivity index (χ4v) is 6.82. The van der Waals surface area contributed by atoms with Gasteiger partial charge >= 0.3 is 0 Å². The van der Waals surface area contributed by atoms with Crippen LogP contribution in [0.3, 0.4) is 0 Å². The number of hydrogen-bond acceptors (Lipinski definition) is 0. The first kappa shape index (κ1) is 39.2. The first-order valence-electron chi connectivity index (χ1n) is 19.6. The second kappa shape index (κ2) is 30.2. The van der Waals surface area contributed by atoms with E-state index in [2.05, 4.69) is 51.2 Å². The molecule has 1 nitrogen and oxygen atoms in total. The van der Waals surface area contributed by atoms with Crippen LogP contribution in [-0.4, -0.2) is 20.1 Å². The fraction of sp³-hybridized carbons (Fsp3) is 0.854. The van der Waals surface area contributed by atoms with Crippen molar-refractivity contribution in [3.05, 3.63) is 30.3 Å². The second-order valence-electron chi connectivity index (χ2n) is 14.1. The second-order valence-corrected chi connectivity index (χ2v) is 14.1. The van der Waals surface area contributed by atoms with Gasteiger partial charge in [0.1, 0.15) is 5.69 Å². The maximum atomic E-state index is 2.50. The van der Waals surface area contributed by atoms with Crippen molar-refractivity contribution >= 4 is 5.69 Å². The fourth-order valence-electron chi connectivity index (χ4n) is 6.82. The molecule has 0 saturated carbocycles. The molecule has 1 aromatic rings. The lowest BCUT2D eigenvalue weighted by Crippen LogP contribution is -2.46. The first-order valence-corrected chi connectivity index (χ1v) is 19.6. The number of hydrogen-bond donors (Lipinski definition) is 0. The summed E-state index contributed by atoms with van der Waals surface area (Å²) in [6.07, 6.45) is 43.4.